The van der Waals surface area contributed by atoms with E-state index in [0.717, 1.165) is 23.8 Å². The molecule has 2 aromatic rings. The average Bonchev–Trinajstić information content (AvgIpc) is 3.25. The fourth-order valence-corrected chi connectivity index (χ4v) is 4.04. The first-order valence-electron chi connectivity index (χ1n) is 8.62. The third kappa shape index (κ3) is 2.97. The first-order valence-corrected chi connectivity index (χ1v) is 8.62. The van der Waals surface area contributed by atoms with Gasteiger partial charge in [-0.1, -0.05) is 18.2 Å². The Hall–Kier alpha value is -2.82. The number of rotatable bonds is 4. The fourth-order valence-electron chi connectivity index (χ4n) is 4.04. The molecule has 1 amide bonds. The Balaban J connectivity index is 1.58. The summed E-state index contributed by atoms with van der Waals surface area (Å²) in [6.45, 7) is 1.05. The first kappa shape index (κ1) is 15.7. The molecule has 128 valence electrons. The van der Waals surface area contributed by atoms with Crippen molar-refractivity contribution in [1.82, 2.24) is 0 Å². The first-order chi connectivity index (χ1) is 12.1. The molecule has 4 rings (SSSR count). The summed E-state index contributed by atoms with van der Waals surface area (Å²) in [5.74, 6) is -0.566. The third-order valence-electron chi connectivity index (χ3n) is 5.24. The minimum atomic E-state index is -1.04. The van der Waals surface area contributed by atoms with Gasteiger partial charge in [0.1, 0.15) is 0 Å². The summed E-state index contributed by atoms with van der Waals surface area (Å²) in [5.41, 5.74) is 2.29. The van der Waals surface area contributed by atoms with Crippen molar-refractivity contribution >= 4 is 23.3 Å². The molecule has 25 heavy (non-hydrogen) atoms. The molecule has 1 aliphatic heterocycles. The zero-order valence-electron chi connectivity index (χ0n) is 13.8. The largest absolute Gasteiger partial charge is 0.478 e. The monoisotopic (exact) mass is 336 g/mol. The van der Waals surface area contributed by atoms with E-state index in [1.807, 2.05) is 24.3 Å². The quantitative estimate of drug-likeness (QED) is 0.894. The molecule has 2 atom stereocenters. The minimum Gasteiger partial charge on any atom is -0.478 e. The summed E-state index contributed by atoms with van der Waals surface area (Å²) in [4.78, 5) is 26.1. The number of nitrogens with zero attached hydrogens (tertiary/aromatic N) is 1. The number of para-hydroxylation sites is 2. The molecule has 1 saturated heterocycles. The van der Waals surface area contributed by atoms with Gasteiger partial charge in [-0.05, 0) is 55.5 Å². The molecule has 2 fully saturated rings. The molecular weight excluding hydrogens is 316 g/mol. The summed E-state index contributed by atoms with van der Waals surface area (Å²) in [5, 5.41) is 12.0. The van der Waals surface area contributed by atoms with E-state index in [1.165, 1.54) is 31.4 Å². The third-order valence-corrected chi connectivity index (χ3v) is 5.24. The molecule has 2 N–H and O–H groups in total. The predicted molar refractivity (Wildman–Crippen MR) is 96.3 cm³/mol. The van der Waals surface area contributed by atoms with Crippen molar-refractivity contribution in [3.63, 3.8) is 0 Å². The Labute approximate surface area is 146 Å². The molecule has 5 nitrogen and oxygen atoms in total. The van der Waals surface area contributed by atoms with E-state index < -0.39 is 5.97 Å². The van der Waals surface area contributed by atoms with E-state index in [9.17, 15) is 9.59 Å². The van der Waals surface area contributed by atoms with Gasteiger partial charge in [0.2, 0.25) is 0 Å². The number of piperidine rings is 1. The highest BCUT2D eigenvalue weighted by Gasteiger charge is 2.38. The molecule has 1 heterocycles. The normalized spacial score (nSPS) is 21.4. The maximum Gasteiger partial charge on any atom is 0.335 e. The standard InChI is InChI=1S/C20H20N2O3/c23-19(14-4-3-5-15(11-14)20(24)25)21-17-6-1-2-7-18(17)22-12-13-8-9-16(22)10-13/h1-7,11,13,16H,8-10,12H2,(H,21,23)(H,24,25). The van der Waals surface area contributed by atoms with E-state index in [0.29, 0.717) is 11.6 Å². The Morgan fingerprint density at radius 3 is 2.56 bits per heavy atom. The van der Waals surface area contributed by atoms with Crippen LogP contribution in [0.5, 0.6) is 0 Å². The Kier molecular flexibility index (Phi) is 3.92. The van der Waals surface area contributed by atoms with Crippen molar-refractivity contribution in [2.24, 2.45) is 5.92 Å². The highest BCUT2D eigenvalue weighted by atomic mass is 16.4. The topological polar surface area (TPSA) is 69.6 Å². The lowest BCUT2D eigenvalue weighted by Gasteiger charge is -2.31. The summed E-state index contributed by atoms with van der Waals surface area (Å²) in [6.07, 6.45) is 3.76. The fraction of sp³-hybridized carbons (Fsp3) is 0.300. The van der Waals surface area contributed by atoms with Crippen molar-refractivity contribution < 1.29 is 14.7 Å². The van der Waals surface area contributed by atoms with E-state index in [4.69, 9.17) is 5.11 Å². The number of carbonyl (C=O) groups excluding carboxylic acids is 1. The predicted octanol–water partition coefficient (Wildman–Crippen LogP) is 3.63. The summed E-state index contributed by atoms with van der Waals surface area (Å²) >= 11 is 0. The van der Waals surface area contributed by atoms with Crippen molar-refractivity contribution in [3.8, 4) is 0 Å². The number of nitrogens with one attached hydrogen (secondary N) is 1. The van der Waals surface area contributed by atoms with Gasteiger partial charge in [-0.25, -0.2) is 4.79 Å². The zero-order valence-corrected chi connectivity index (χ0v) is 13.8. The molecule has 1 saturated carbocycles. The summed E-state index contributed by atoms with van der Waals surface area (Å²) in [7, 11) is 0. The molecule has 1 aliphatic carbocycles. The van der Waals surface area contributed by atoms with Gasteiger partial charge in [0.25, 0.3) is 5.91 Å². The second-order valence-electron chi connectivity index (χ2n) is 6.84. The lowest BCUT2D eigenvalue weighted by molar-refractivity contribution is 0.0697. The molecule has 0 aromatic heterocycles. The maximum atomic E-state index is 12.6. The van der Waals surface area contributed by atoms with E-state index in [-0.39, 0.29) is 11.5 Å². The molecule has 0 radical (unpaired) electrons. The maximum absolute atomic E-state index is 12.6. The number of hydrogen-bond acceptors (Lipinski definition) is 3. The molecule has 5 heteroatoms. The van der Waals surface area contributed by atoms with Crippen LogP contribution in [-0.4, -0.2) is 29.6 Å². The summed E-state index contributed by atoms with van der Waals surface area (Å²) < 4.78 is 0. The Bertz CT molecular complexity index is 833. The number of aromatic carboxylic acids is 1. The smallest absolute Gasteiger partial charge is 0.335 e. The van der Waals surface area contributed by atoms with Crippen LogP contribution in [0.3, 0.4) is 0 Å². The minimum absolute atomic E-state index is 0.109. The van der Waals surface area contributed by atoms with Crippen LogP contribution >= 0.6 is 0 Å². The number of benzene rings is 2. The molecular formula is C20H20N2O3. The van der Waals surface area contributed by atoms with Gasteiger partial charge in [-0.15, -0.1) is 0 Å². The SMILES string of the molecule is O=C(O)c1cccc(C(=O)Nc2ccccc2N2CC3CCC2C3)c1. The van der Waals surface area contributed by atoms with Gasteiger partial charge in [0.05, 0.1) is 16.9 Å². The van der Waals surface area contributed by atoms with Crippen LogP contribution in [0.4, 0.5) is 11.4 Å². The van der Waals surface area contributed by atoms with Crippen molar-refractivity contribution in [2.45, 2.75) is 25.3 Å². The number of fused-ring (bicyclic) bond motifs is 2. The zero-order chi connectivity index (χ0) is 17.4. The van der Waals surface area contributed by atoms with Crippen LogP contribution in [0, 0.1) is 5.92 Å². The average molecular weight is 336 g/mol. The number of carboxylic acids is 1. The number of anilines is 2. The second kappa shape index (κ2) is 6.24. The van der Waals surface area contributed by atoms with Gasteiger partial charge in [0.15, 0.2) is 0 Å². The molecule has 2 bridgehead atoms. The van der Waals surface area contributed by atoms with Crippen LogP contribution in [0.15, 0.2) is 48.5 Å². The number of carbonyl (C=O) groups is 2. The van der Waals surface area contributed by atoms with Crippen LogP contribution in [-0.2, 0) is 0 Å². The van der Waals surface area contributed by atoms with Crippen molar-refractivity contribution in [2.75, 3.05) is 16.8 Å². The number of amides is 1. The highest BCUT2D eigenvalue weighted by molar-refractivity contribution is 6.07. The van der Waals surface area contributed by atoms with Gasteiger partial charge >= 0.3 is 5.97 Å². The Morgan fingerprint density at radius 1 is 1.04 bits per heavy atom. The van der Waals surface area contributed by atoms with Crippen LogP contribution < -0.4 is 10.2 Å². The van der Waals surface area contributed by atoms with Crippen LogP contribution in [0.2, 0.25) is 0 Å². The van der Waals surface area contributed by atoms with Crippen molar-refractivity contribution in [3.05, 3.63) is 59.7 Å². The Morgan fingerprint density at radius 2 is 1.84 bits per heavy atom. The lowest BCUT2D eigenvalue weighted by Crippen LogP contribution is -2.32. The lowest BCUT2D eigenvalue weighted by atomic mass is 10.1. The van der Waals surface area contributed by atoms with Gasteiger partial charge in [0, 0.05) is 18.2 Å². The molecule has 2 unspecified atom stereocenters. The molecule has 0 spiro atoms. The van der Waals surface area contributed by atoms with E-state index in [2.05, 4.69) is 10.2 Å². The van der Waals surface area contributed by atoms with E-state index in [1.54, 1.807) is 12.1 Å². The van der Waals surface area contributed by atoms with Gasteiger partial charge in [-0.2, -0.15) is 0 Å². The van der Waals surface area contributed by atoms with Gasteiger partial charge < -0.3 is 15.3 Å². The van der Waals surface area contributed by atoms with Crippen LogP contribution in [0.25, 0.3) is 0 Å². The van der Waals surface area contributed by atoms with Crippen LogP contribution in [0.1, 0.15) is 40.0 Å². The molecule has 2 aliphatic rings. The number of carboxylic acid groups (broad SMARTS) is 1. The van der Waals surface area contributed by atoms with Gasteiger partial charge in [-0.3, -0.25) is 4.79 Å². The highest BCUT2D eigenvalue weighted by Crippen LogP contribution is 2.42. The summed E-state index contributed by atoms with van der Waals surface area (Å²) in [6, 6.07) is 14.5. The second-order valence-corrected chi connectivity index (χ2v) is 6.84. The van der Waals surface area contributed by atoms with E-state index >= 15 is 0 Å². The van der Waals surface area contributed by atoms with Crippen molar-refractivity contribution in [1.29, 1.82) is 0 Å². The number of hydrogen-bond donors (Lipinski definition) is 2. The molecule has 2 aromatic carbocycles.